The van der Waals surface area contributed by atoms with E-state index in [0.717, 1.165) is 68.5 Å². The van der Waals surface area contributed by atoms with E-state index in [1.54, 1.807) is 77.2 Å². The number of benzene rings is 7. The molecule has 0 aliphatic carbocycles. The van der Waals surface area contributed by atoms with Crippen molar-refractivity contribution in [2.75, 3.05) is 81.1 Å². The lowest BCUT2D eigenvalue weighted by Crippen LogP contribution is -2.43. The fraction of sp³-hybridized carbons (Fsp3) is 0.278. The molecule has 0 saturated carbocycles. The first-order chi connectivity index (χ1) is 48.4. The number of carboxylic acid groups (broad SMARTS) is 2. The molecule has 0 fully saturated rings. The van der Waals surface area contributed by atoms with Crippen LogP contribution in [0.2, 0.25) is 0 Å². The zero-order valence-electron chi connectivity index (χ0n) is 57.1. The summed E-state index contributed by atoms with van der Waals surface area (Å²) in [4.78, 5) is 56.0. The summed E-state index contributed by atoms with van der Waals surface area (Å²) in [6, 6.07) is 26.5. The van der Waals surface area contributed by atoms with Crippen LogP contribution < -0.4 is 56.4 Å². The Hall–Kier alpha value is -10.8. The topological polar surface area (TPSA) is 357 Å². The molecule has 2 aromatic heterocycles. The van der Waals surface area contributed by atoms with Gasteiger partial charge >= 0.3 is 25.0 Å². The van der Waals surface area contributed by atoms with Crippen LogP contribution in [0.5, 0.6) is 34.5 Å². The molecule has 2 heterocycles. The number of methoxy groups -OCH3 is 7. The zero-order valence-corrected chi connectivity index (χ0v) is 57.1. The van der Waals surface area contributed by atoms with Gasteiger partial charge in [0.25, 0.3) is 5.91 Å². The minimum absolute atomic E-state index is 0.144. The van der Waals surface area contributed by atoms with Crippen LogP contribution in [0.25, 0.3) is 44.1 Å². The monoisotopic (exact) mass is 1400 g/mol. The molecule has 0 spiro atoms. The Kier molecular flexibility index (Phi) is 29.7. The third-order valence-electron chi connectivity index (χ3n) is 15.2. The first-order valence-corrected chi connectivity index (χ1v) is 31.0. The van der Waals surface area contributed by atoms with E-state index in [-0.39, 0.29) is 23.3 Å². The summed E-state index contributed by atoms with van der Waals surface area (Å²) in [5.41, 5.74) is 22.8. The molecule has 0 saturated heterocycles. The molecule has 7 aromatic carbocycles. The van der Waals surface area contributed by atoms with Crippen LogP contribution >= 0.6 is 0 Å². The molecule has 536 valence electrons. The van der Waals surface area contributed by atoms with Crippen LogP contribution in [0.15, 0.2) is 122 Å². The van der Waals surface area contributed by atoms with Gasteiger partial charge in [-0.25, -0.2) is 27.2 Å². The van der Waals surface area contributed by atoms with E-state index in [2.05, 4.69) is 15.3 Å². The van der Waals surface area contributed by atoms with Crippen molar-refractivity contribution in [1.29, 1.82) is 0 Å². The second kappa shape index (κ2) is 38.0. The van der Waals surface area contributed by atoms with Gasteiger partial charge in [-0.2, -0.15) is 0 Å². The summed E-state index contributed by atoms with van der Waals surface area (Å²) in [5, 5.41) is 40.5. The van der Waals surface area contributed by atoms with E-state index < -0.39 is 77.4 Å². The second-order valence-corrected chi connectivity index (χ2v) is 21.7. The Balaban J connectivity index is 0.000000233. The second-order valence-electron chi connectivity index (χ2n) is 21.7. The number of carboxylic acids is 2. The molecule has 9 rings (SSSR count). The molecule has 101 heavy (non-hydrogen) atoms. The third kappa shape index (κ3) is 20.2. The van der Waals surface area contributed by atoms with Crippen molar-refractivity contribution in [2.45, 2.75) is 65.5 Å². The summed E-state index contributed by atoms with van der Waals surface area (Å²) in [6.07, 6.45) is 3.49. The number of carbonyl (C=O) groups excluding carboxylic acids is 2. The number of nitrogen functional groups attached to an aromatic ring is 2. The smallest absolute Gasteiger partial charge is 0.496 e. The van der Waals surface area contributed by atoms with Crippen molar-refractivity contribution in [1.82, 2.24) is 15.3 Å². The van der Waals surface area contributed by atoms with E-state index in [0.29, 0.717) is 108 Å². The number of nitrogens with zero attached hydrogens (tertiary/aromatic N) is 2. The maximum Gasteiger partial charge on any atom is 0.496 e. The van der Waals surface area contributed by atoms with Crippen LogP contribution in [-0.4, -0.2) is 143 Å². The number of esters is 1. The normalized spacial score (nSPS) is 11.3. The van der Waals surface area contributed by atoms with Crippen molar-refractivity contribution < 1.29 is 104 Å². The van der Waals surface area contributed by atoms with Crippen LogP contribution in [-0.2, 0) is 61.2 Å². The number of rotatable bonds is 27. The van der Waals surface area contributed by atoms with E-state index >= 15 is 0 Å². The number of hydrogen-bond donors (Lipinski definition) is 8. The number of halogens is 4. The third-order valence-corrected chi connectivity index (χ3v) is 15.2. The van der Waals surface area contributed by atoms with Gasteiger partial charge in [-0.3, -0.25) is 19.6 Å². The van der Waals surface area contributed by atoms with Crippen LogP contribution in [0.1, 0.15) is 69.3 Å². The van der Waals surface area contributed by atoms with Crippen molar-refractivity contribution in [3.05, 3.63) is 184 Å². The number of pyridine rings is 2. The van der Waals surface area contributed by atoms with E-state index in [9.17, 15) is 51.9 Å². The Bertz CT molecular complexity index is 4260. The minimum atomic E-state index is -1.65. The van der Waals surface area contributed by atoms with Crippen LogP contribution in [0.3, 0.4) is 0 Å². The van der Waals surface area contributed by atoms with Gasteiger partial charge in [0.1, 0.15) is 81.0 Å². The minimum Gasteiger partial charge on any atom is -0.497 e. The Labute approximate surface area is 579 Å². The molecular weight excluding hydrogens is 1320 g/mol. The largest absolute Gasteiger partial charge is 0.497 e. The molecule has 0 unspecified atom stereocenters. The number of aromatic nitrogens is 2. The average Bonchev–Trinajstić information content (AvgIpc) is 0.770. The number of carbonyl (C=O) groups is 4. The van der Waals surface area contributed by atoms with Gasteiger partial charge in [-0.1, -0.05) is 36.4 Å². The van der Waals surface area contributed by atoms with E-state index in [1.807, 2.05) is 69.3 Å². The first kappa shape index (κ1) is 79.2. The van der Waals surface area contributed by atoms with Gasteiger partial charge in [-0.15, -0.1) is 0 Å². The predicted molar refractivity (Wildman–Crippen MR) is 371 cm³/mol. The maximum absolute atomic E-state index is 14.3. The van der Waals surface area contributed by atoms with Crippen LogP contribution in [0, 0.1) is 23.3 Å². The number of nitrogens with one attached hydrogen (secondary N) is 1. The number of amides is 1. The van der Waals surface area contributed by atoms with Gasteiger partial charge in [0.2, 0.25) is 0 Å². The molecule has 0 aliphatic heterocycles. The van der Waals surface area contributed by atoms with Gasteiger partial charge in [-0.05, 0) is 128 Å². The number of aliphatic carboxylic acids is 1. The molecule has 24 nitrogen and oxygen atoms in total. The summed E-state index contributed by atoms with van der Waals surface area (Å²) < 4.78 is 108. The van der Waals surface area contributed by atoms with Crippen LogP contribution in [0.4, 0.5) is 28.9 Å². The quantitative estimate of drug-likeness (QED) is 0.0103. The number of anilines is 2. The van der Waals surface area contributed by atoms with E-state index in [1.165, 1.54) is 21.3 Å². The molecule has 2 atom stereocenters. The highest BCUT2D eigenvalue weighted by Gasteiger charge is 2.29. The number of hydrogen-bond acceptors (Lipinski definition) is 21. The Morgan fingerprint density at radius 2 is 0.871 bits per heavy atom. The molecule has 0 bridgehead atoms. The SMILES string of the molecule is CCOCc1cc(OC)c(-c2ccc(C[C@H](N)C(=O)OC)c3cccnc23)c(OC)c1.CCOCc1cc(OC)c(-c2ccc(C[C@H](NC(=O)c3c(F)cc(N)cc3F)C(=O)O)c3cccnc23)c(OC)c1.CCOCc1cc(OC)c(B(O)O)c(OC)c1.Nc1cc(F)c(C(=O)O)c(F)c1. The van der Waals surface area contributed by atoms with Crippen molar-refractivity contribution in [3.63, 3.8) is 0 Å². The van der Waals surface area contributed by atoms with Crippen molar-refractivity contribution in [3.8, 4) is 56.8 Å². The number of ether oxygens (including phenoxy) is 10. The van der Waals surface area contributed by atoms with Gasteiger partial charge < -0.3 is 90.1 Å². The number of nitrogens with two attached hydrogens (primary N) is 3. The summed E-state index contributed by atoms with van der Waals surface area (Å²) in [6.45, 7) is 8.78. The number of aromatic carboxylic acids is 1. The Morgan fingerprint density at radius 1 is 0.515 bits per heavy atom. The molecule has 11 N–H and O–H groups in total. The standard InChI is InChI=1S/C30H29F2N3O6.C24H28N2O5.C11H17BO5.C7H5F2NO2/c1-4-41-15-16-10-24(39-2)26(25(11-16)40-3)20-8-7-17(19-6-5-9-34-28(19)20)12-23(30(37)38)35-29(36)27-21(31)13-18(33)14-22(27)32;1-5-31-14-15-11-20(28-2)22(21(12-15)29-3)18-9-8-16(13-19(25)24(27)30-4)17-7-6-10-26-23(17)18;1-4-17-7-8-5-9(15-2)11(12(13)14)10(6-8)16-3;8-4-1-3(10)2-5(9)6(4)7(11)12/h5-11,13-14,23H,4,12,15,33H2,1-3H3,(H,35,36)(H,37,38);6-12,19H,5,13-14,25H2,1-4H3;5-6,13-14H,4,7H2,1-3H3;1-2H,10H2,(H,11,12)/t23-;19-;;/m00../s1. The van der Waals surface area contributed by atoms with Gasteiger partial charge in [0, 0.05) is 71.9 Å². The fourth-order valence-corrected chi connectivity index (χ4v) is 10.6. The predicted octanol–water partition coefficient (Wildman–Crippen LogP) is 9.41. The van der Waals surface area contributed by atoms with Gasteiger partial charge in [0.05, 0.1) is 97.2 Å². The molecular formula is C72H79BF4N6O18. The highest BCUT2D eigenvalue weighted by molar-refractivity contribution is 6.61. The lowest BCUT2D eigenvalue weighted by atomic mass is 9.78. The summed E-state index contributed by atoms with van der Waals surface area (Å²) in [5.74, 6) is -6.29. The van der Waals surface area contributed by atoms with Crippen molar-refractivity contribution in [2.24, 2.45) is 5.73 Å². The molecule has 1 amide bonds. The molecule has 9 aromatic rings. The lowest BCUT2D eigenvalue weighted by molar-refractivity contribution is -0.142. The summed E-state index contributed by atoms with van der Waals surface area (Å²) in [7, 11) is 8.96. The molecule has 0 aliphatic rings. The Morgan fingerprint density at radius 3 is 1.20 bits per heavy atom. The average molecular weight is 1400 g/mol. The van der Waals surface area contributed by atoms with Gasteiger partial charge in [0.15, 0.2) is 0 Å². The summed E-state index contributed by atoms with van der Waals surface area (Å²) >= 11 is 0. The van der Waals surface area contributed by atoms with Crippen molar-refractivity contribution >= 4 is 69.6 Å². The molecule has 29 heteroatoms. The highest BCUT2D eigenvalue weighted by atomic mass is 19.1. The fourth-order valence-electron chi connectivity index (χ4n) is 10.6. The molecule has 0 radical (unpaired) electrons. The zero-order chi connectivity index (χ0) is 74.2. The van der Waals surface area contributed by atoms with E-state index in [4.69, 9.17) is 69.7 Å². The number of fused-ring (bicyclic) bond motifs is 2. The highest BCUT2D eigenvalue weighted by Crippen LogP contribution is 2.45. The first-order valence-electron chi connectivity index (χ1n) is 31.0. The lowest BCUT2D eigenvalue weighted by Gasteiger charge is -2.19. The maximum atomic E-state index is 14.3.